The number of halogens is 2. The van der Waals surface area contributed by atoms with Crippen LogP contribution >= 0.6 is 12.4 Å². The maximum Gasteiger partial charge on any atom is 0.250 e. The topological polar surface area (TPSA) is 109 Å². The number of aromatic nitrogens is 3. The summed E-state index contributed by atoms with van der Waals surface area (Å²) < 4.78 is 24.3. The number of hydrogen-bond donors (Lipinski definition) is 3. The van der Waals surface area contributed by atoms with Crippen molar-refractivity contribution in [2.75, 3.05) is 23.2 Å². The molecule has 11 heteroatoms. The zero-order valence-corrected chi connectivity index (χ0v) is 18.3. The normalized spacial score (nSPS) is 10.5. The molecule has 9 nitrogen and oxygen atoms in total. The van der Waals surface area contributed by atoms with E-state index < -0.39 is 0 Å². The van der Waals surface area contributed by atoms with E-state index in [1.807, 2.05) is 30.3 Å². The van der Waals surface area contributed by atoms with Gasteiger partial charge in [-0.25, -0.2) is 9.82 Å². The molecule has 0 unspecified atom stereocenters. The van der Waals surface area contributed by atoms with Crippen LogP contribution in [-0.2, 0) is 6.54 Å². The summed E-state index contributed by atoms with van der Waals surface area (Å²) in [5, 5.41) is 10.2. The number of anilines is 4. The minimum Gasteiger partial charge on any atom is -0.497 e. The van der Waals surface area contributed by atoms with E-state index in [-0.39, 0.29) is 30.1 Å². The summed E-state index contributed by atoms with van der Waals surface area (Å²) in [5.74, 6) is 1.84. The summed E-state index contributed by atoms with van der Waals surface area (Å²) in [6.07, 6.45) is 2.94. The van der Waals surface area contributed by atoms with Crippen molar-refractivity contribution in [2.45, 2.75) is 6.54 Å². The van der Waals surface area contributed by atoms with Crippen LogP contribution in [-0.4, -0.2) is 28.3 Å². The first-order valence-electron chi connectivity index (χ1n) is 9.66. The molecule has 2 aromatic heterocycles. The van der Waals surface area contributed by atoms with E-state index in [2.05, 4.69) is 36.1 Å². The number of ether oxygens (including phenoxy) is 1. The Bertz CT molecular complexity index is 1190. The average Bonchev–Trinajstić information content (AvgIpc) is 3.33. The van der Waals surface area contributed by atoms with Gasteiger partial charge in [0.05, 0.1) is 26.1 Å². The molecule has 0 saturated heterocycles. The Morgan fingerprint density at radius 1 is 0.970 bits per heavy atom. The van der Waals surface area contributed by atoms with Crippen LogP contribution in [0.2, 0.25) is 0 Å². The third-order valence-electron chi connectivity index (χ3n) is 4.26. The molecule has 0 aliphatic heterocycles. The maximum atomic E-state index is 13.8. The number of rotatable bonds is 9. The number of nitrogens with zero attached hydrogens (tertiary/aromatic N) is 4. The molecule has 2 heterocycles. The van der Waals surface area contributed by atoms with Gasteiger partial charge >= 0.3 is 0 Å². The van der Waals surface area contributed by atoms with Gasteiger partial charge in [0.1, 0.15) is 17.3 Å². The fourth-order valence-corrected chi connectivity index (χ4v) is 2.68. The lowest BCUT2D eigenvalue weighted by Crippen LogP contribution is -2.09. The smallest absolute Gasteiger partial charge is 0.250 e. The van der Waals surface area contributed by atoms with Crippen molar-refractivity contribution in [1.29, 1.82) is 0 Å². The number of methoxy groups -OCH3 is 1. The van der Waals surface area contributed by atoms with Crippen molar-refractivity contribution < 1.29 is 13.5 Å². The van der Waals surface area contributed by atoms with Gasteiger partial charge in [-0.1, -0.05) is 18.2 Å². The molecule has 0 aliphatic carbocycles. The van der Waals surface area contributed by atoms with Crippen LogP contribution < -0.4 is 20.8 Å². The van der Waals surface area contributed by atoms with E-state index in [0.717, 1.165) is 17.2 Å². The second kappa shape index (κ2) is 11.4. The first-order chi connectivity index (χ1) is 15.7. The summed E-state index contributed by atoms with van der Waals surface area (Å²) in [5.41, 5.74) is 3.81. The van der Waals surface area contributed by atoms with E-state index in [1.165, 1.54) is 12.3 Å². The van der Waals surface area contributed by atoms with Crippen LogP contribution in [0.1, 0.15) is 11.3 Å². The Morgan fingerprint density at radius 3 is 2.45 bits per heavy atom. The van der Waals surface area contributed by atoms with Gasteiger partial charge in [-0.05, 0) is 42.5 Å². The minimum absolute atomic E-state index is 0. The van der Waals surface area contributed by atoms with Crippen LogP contribution in [0.5, 0.6) is 5.75 Å². The Labute approximate surface area is 195 Å². The lowest BCUT2D eigenvalue weighted by molar-refractivity contribution is 0.415. The molecule has 0 aliphatic rings. The molecule has 4 rings (SSSR count). The second-order valence-electron chi connectivity index (χ2n) is 6.48. The van der Waals surface area contributed by atoms with Crippen molar-refractivity contribution in [1.82, 2.24) is 15.0 Å². The second-order valence-corrected chi connectivity index (χ2v) is 6.48. The molecule has 2 aromatic carbocycles. The fraction of sp³-hybridized carbons (Fsp3) is 0.0909. The van der Waals surface area contributed by atoms with Crippen molar-refractivity contribution >= 4 is 42.2 Å². The molecule has 0 spiro atoms. The van der Waals surface area contributed by atoms with Crippen LogP contribution in [0.15, 0.2) is 76.4 Å². The highest BCUT2D eigenvalue weighted by molar-refractivity contribution is 5.85. The van der Waals surface area contributed by atoms with Gasteiger partial charge < -0.3 is 19.8 Å². The fourth-order valence-electron chi connectivity index (χ4n) is 2.68. The summed E-state index contributed by atoms with van der Waals surface area (Å²) in [7, 11) is 1.60. The summed E-state index contributed by atoms with van der Waals surface area (Å²) in [6.45, 7) is 0.386. The quantitative estimate of drug-likeness (QED) is 0.236. The zero-order chi connectivity index (χ0) is 22.2. The van der Waals surface area contributed by atoms with Gasteiger partial charge in [0, 0.05) is 11.3 Å². The Morgan fingerprint density at radius 2 is 1.73 bits per heavy atom. The molecule has 0 fully saturated rings. The highest BCUT2D eigenvalue weighted by Gasteiger charge is 2.08. The highest BCUT2D eigenvalue weighted by atomic mass is 35.5. The number of hydrazone groups is 1. The Kier molecular flexibility index (Phi) is 8.14. The number of benzene rings is 2. The van der Waals surface area contributed by atoms with Crippen LogP contribution in [0.3, 0.4) is 0 Å². The monoisotopic (exact) mass is 469 g/mol. The molecular weight excluding hydrogens is 449 g/mol. The lowest BCUT2D eigenvalue weighted by atomic mass is 10.2. The molecule has 0 bridgehead atoms. The van der Waals surface area contributed by atoms with Crippen molar-refractivity contribution in [3.05, 3.63) is 84.1 Å². The minimum atomic E-state index is -0.378. The summed E-state index contributed by atoms with van der Waals surface area (Å²) >= 11 is 0. The molecule has 3 N–H and O–H groups in total. The Balaban J connectivity index is 0.00000306. The summed E-state index contributed by atoms with van der Waals surface area (Å²) in [6, 6.07) is 17.2. The van der Waals surface area contributed by atoms with Gasteiger partial charge in [-0.3, -0.25) is 0 Å². The maximum absolute atomic E-state index is 13.8. The number of nitrogens with one attached hydrogen (secondary N) is 3. The first-order valence-corrected chi connectivity index (χ1v) is 9.66. The number of hydrogen-bond acceptors (Lipinski definition) is 9. The van der Waals surface area contributed by atoms with Gasteiger partial charge in [-0.15, -0.1) is 12.4 Å². The molecule has 4 aromatic rings. The van der Waals surface area contributed by atoms with Crippen molar-refractivity contribution in [3.63, 3.8) is 0 Å². The first kappa shape index (κ1) is 23.5. The van der Waals surface area contributed by atoms with Gasteiger partial charge in [0.2, 0.25) is 17.8 Å². The number of furan rings is 1. The van der Waals surface area contributed by atoms with Gasteiger partial charge in [0.15, 0.2) is 0 Å². The molecule has 0 amide bonds. The molecular formula is C22H21ClFN7O2. The van der Waals surface area contributed by atoms with Crippen LogP contribution in [0.4, 0.5) is 27.9 Å². The van der Waals surface area contributed by atoms with Gasteiger partial charge in [-0.2, -0.15) is 20.1 Å². The van der Waals surface area contributed by atoms with Crippen LogP contribution in [0, 0.1) is 5.82 Å². The van der Waals surface area contributed by atoms with E-state index in [4.69, 9.17) is 9.15 Å². The predicted octanol–water partition coefficient (Wildman–Crippen LogP) is 4.84. The third-order valence-corrected chi connectivity index (χ3v) is 4.26. The van der Waals surface area contributed by atoms with E-state index >= 15 is 0 Å². The molecule has 0 saturated carbocycles. The average molecular weight is 470 g/mol. The third kappa shape index (κ3) is 6.65. The van der Waals surface area contributed by atoms with Crippen molar-refractivity contribution in [3.8, 4) is 5.75 Å². The Hall–Kier alpha value is -4.18. The van der Waals surface area contributed by atoms with E-state index in [1.54, 1.807) is 37.6 Å². The largest absolute Gasteiger partial charge is 0.497 e. The van der Waals surface area contributed by atoms with Crippen LogP contribution in [0.25, 0.3) is 0 Å². The van der Waals surface area contributed by atoms with E-state index in [9.17, 15) is 4.39 Å². The van der Waals surface area contributed by atoms with Gasteiger partial charge in [0.25, 0.3) is 0 Å². The molecule has 0 radical (unpaired) electrons. The zero-order valence-electron chi connectivity index (χ0n) is 17.5. The SMILES string of the molecule is COc1ccc(Nc2nc(NCc3ccco3)nc(N/N=C/c3ccccc3F)n2)cc1.Cl. The molecule has 0 atom stereocenters. The predicted molar refractivity (Wildman–Crippen MR) is 127 cm³/mol. The van der Waals surface area contributed by atoms with Crippen molar-refractivity contribution in [2.24, 2.45) is 5.10 Å². The van der Waals surface area contributed by atoms with E-state index in [0.29, 0.717) is 18.1 Å². The lowest BCUT2D eigenvalue weighted by Gasteiger charge is -2.10. The molecule has 33 heavy (non-hydrogen) atoms. The standard InChI is InChI=1S/C22H20FN7O2.ClH/c1-31-17-10-8-16(9-11-17)26-21-27-20(24-14-18-6-4-12-32-18)28-22(29-21)30-25-13-15-5-2-3-7-19(15)23;/h2-13H,14H2,1H3,(H3,24,26,27,28,29,30);1H/b25-13+;. The summed E-state index contributed by atoms with van der Waals surface area (Å²) in [4.78, 5) is 13.0. The highest BCUT2D eigenvalue weighted by Crippen LogP contribution is 2.19. The molecule has 170 valence electrons.